The Balaban J connectivity index is 1.90. The van der Waals surface area contributed by atoms with Crippen molar-refractivity contribution in [1.29, 1.82) is 0 Å². The summed E-state index contributed by atoms with van der Waals surface area (Å²) in [6.45, 7) is 0.451. The molecule has 0 saturated carbocycles. The first-order chi connectivity index (χ1) is 10.6. The molecule has 1 fully saturated rings. The third-order valence-corrected chi connectivity index (χ3v) is 4.80. The highest BCUT2D eigenvalue weighted by atomic mass is 16.5. The van der Waals surface area contributed by atoms with Gasteiger partial charge in [-0.1, -0.05) is 6.07 Å². The van der Waals surface area contributed by atoms with Crippen LogP contribution in [0.25, 0.3) is 0 Å². The first-order valence-corrected chi connectivity index (χ1v) is 7.69. The van der Waals surface area contributed by atoms with Gasteiger partial charge in [0.05, 0.1) is 20.1 Å². The molecule has 0 aliphatic carbocycles. The van der Waals surface area contributed by atoms with E-state index in [1.54, 1.807) is 7.11 Å². The van der Waals surface area contributed by atoms with Crippen molar-refractivity contribution in [3.63, 3.8) is 0 Å². The maximum Gasteiger partial charge on any atom is 0.310 e. The van der Waals surface area contributed by atoms with Crippen LogP contribution in [0, 0.1) is 5.92 Å². The van der Waals surface area contributed by atoms with Gasteiger partial charge in [-0.3, -0.25) is 9.59 Å². The quantitative estimate of drug-likeness (QED) is 0.785. The van der Waals surface area contributed by atoms with E-state index in [1.165, 1.54) is 7.11 Å². The van der Waals surface area contributed by atoms with E-state index in [2.05, 4.69) is 0 Å². The van der Waals surface area contributed by atoms with Gasteiger partial charge in [0.1, 0.15) is 5.75 Å². The number of hydrogen-bond acceptors (Lipinski definition) is 4. The number of benzene rings is 1. The predicted octanol–water partition coefficient (Wildman–Crippen LogP) is 2.04. The zero-order valence-electron chi connectivity index (χ0n) is 13.0. The minimum Gasteiger partial charge on any atom is -0.497 e. The molecule has 2 atom stereocenters. The Morgan fingerprint density at radius 3 is 2.77 bits per heavy atom. The lowest BCUT2D eigenvalue weighted by atomic mass is 9.91. The van der Waals surface area contributed by atoms with Gasteiger partial charge in [0.2, 0.25) is 0 Å². The van der Waals surface area contributed by atoms with Crippen LogP contribution < -0.4 is 4.74 Å². The number of nitrogens with zero attached hydrogens (tertiary/aromatic N) is 1. The van der Waals surface area contributed by atoms with E-state index in [1.807, 2.05) is 23.1 Å². The topological polar surface area (TPSA) is 55.8 Å². The molecule has 0 N–H and O–H groups in total. The van der Waals surface area contributed by atoms with Crippen molar-refractivity contribution >= 4 is 11.9 Å². The molecule has 2 aliphatic rings. The van der Waals surface area contributed by atoms with E-state index in [9.17, 15) is 9.59 Å². The summed E-state index contributed by atoms with van der Waals surface area (Å²) in [7, 11) is 3.00. The average molecular weight is 303 g/mol. The number of carbonyl (C=O) groups is 2. The molecule has 5 heteroatoms. The number of methoxy groups -OCH3 is 2. The van der Waals surface area contributed by atoms with Crippen LogP contribution in [-0.4, -0.2) is 43.6 Å². The lowest BCUT2D eigenvalue weighted by molar-refractivity contribution is -0.147. The Morgan fingerprint density at radius 2 is 2.05 bits per heavy atom. The fourth-order valence-corrected chi connectivity index (χ4v) is 3.51. The third-order valence-electron chi connectivity index (χ3n) is 4.80. The van der Waals surface area contributed by atoms with Gasteiger partial charge < -0.3 is 14.4 Å². The van der Waals surface area contributed by atoms with Crippen LogP contribution in [0.2, 0.25) is 0 Å². The van der Waals surface area contributed by atoms with Crippen molar-refractivity contribution < 1.29 is 19.1 Å². The van der Waals surface area contributed by atoms with E-state index >= 15 is 0 Å². The largest absolute Gasteiger partial charge is 0.497 e. The van der Waals surface area contributed by atoms with E-state index < -0.39 is 0 Å². The van der Waals surface area contributed by atoms with Gasteiger partial charge in [-0.15, -0.1) is 0 Å². The zero-order valence-corrected chi connectivity index (χ0v) is 13.0. The number of esters is 1. The van der Waals surface area contributed by atoms with Gasteiger partial charge in [-0.05, 0) is 43.4 Å². The second-order valence-corrected chi connectivity index (χ2v) is 5.97. The molecule has 0 spiro atoms. The summed E-state index contributed by atoms with van der Waals surface area (Å²) >= 11 is 0. The highest BCUT2D eigenvalue weighted by Gasteiger charge is 2.37. The molecule has 22 heavy (non-hydrogen) atoms. The molecule has 0 unspecified atom stereocenters. The smallest absolute Gasteiger partial charge is 0.310 e. The van der Waals surface area contributed by atoms with Gasteiger partial charge in [0.25, 0.3) is 5.91 Å². The van der Waals surface area contributed by atoms with Crippen molar-refractivity contribution in [1.82, 2.24) is 4.90 Å². The van der Waals surface area contributed by atoms with Crippen molar-refractivity contribution in [3.05, 3.63) is 29.3 Å². The van der Waals surface area contributed by atoms with Crippen LogP contribution in [0.1, 0.15) is 35.2 Å². The van der Waals surface area contributed by atoms with Gasteiger partial charge in [-0.25, -0.2) is 0 Å². The Bertz CT molecular complexity index is 598. The Morgan fingerprint density at radius 1 is 1.23 bits per heavy atom. The fourth-order valence-electron chi connectivity index (χ4n) is 3.51. The van der Waals surface area contributed by atoms with Crippen molar-refractivity contribution in [2.45, 2.75) is 31.7 Å². The number of fused-ring (bicyclic) bond motifs is 2. The maximum absolute atomic E-state index is 12.9. The molecule has 5 nitrogen and oxygen atoms in total. The highest BCUT2D eigenvalue weighted by Crippen LogP contribution is 2.32. The highest BCUT2D eigenvalue weighted by molar-refractivity contribution is 5.97. The number of piperidine rings is 1. The second-order valence-electron chi connectivity index (χ2n) is 5.97. The number of rotatable bonds is 2. The number of ether oxygens (including phenoxy) is 2. The van der Waals surface area contributed by atoms with Crippen molar-refractivity contribution in [3.8, 4) is 5.75 Å². The molecule has 1 aromatic rings. The molecule has 118 valence electrons. The fraction of sp³-hybridized carbons (Fsp3) is 0.529. The number of amides is 1. The van der Waals surface area contributed by atoms with Crippen molar-refractivity contribution in [2.24, 2.45) is 5.92 Å². The van der Waals surface area contributed by atoms with Crippen LogP contribution in [-0.2, 0) is 16.0 Å². The van der Waals surface area contributed by atoms with Gasteiger partial charge in [0.15, 0.2) is 0 Å². The minimum absolute atomic E-state index is 0.00463. The standard InChI is InChI=1S/C17H21NO4/c1-21-14-8-5-11-3-6-13-7-4-12(17(20)22-2)10-18(13)16(19)15(11)9-14/h5,8-9,12-13H,3-4,6-7,10H2,1-2H3/t12-,13-/m1/s1. The summed E-state index contributed by atoms with van der Waals surface area (Å²) in [5, 5.41) is 0. The normalized spacial score (nSPS) is 24.1. The molecule has 1 aromatic carbocycles. The molecule has 1 saturated heterocycles. The van der Waals surface area contributed by atoms with Crippen LogP contribution in [0.15, 0.2) is 18.2 Å². The molecular formula is C17H21NO4. The second kappa shape index (κ2) is 5.99. The van der Waals surface area contributed by atoms with E-state index in [4.69, 9.17) is 9.47 Å². The summed E-state index contributed by atoms with van der Waals surface area (Å²) in [5.74, 6) is 0.260. The lowest BCUT2D eigenvalue weighted by Gasteiger charge is -2.37. The number of hydrogen-bond donors (Lipinski definition) is 0. The SMILES string of the molecule is COC(=O)[C@@H]1CC[C@H]2CCc3ccc(OC)cc3C(=O)N2C1. The number of carbonyl (C=O) groups excluding carboxylic acids is 2. The first kappa shape index (κ1) is 14.9. The Labute approximate surface area is 130 Å². The zero-order chi connectivity index (χ0) is 15.7. The van der Waals surface area contributed by atoms with E-state index in [0.29, 0.717) is 17.9 Å². The van der Waals surface area contributed by atoms with Crippen LogP contribution in [0.5, 0.6) is 5.75 Å². The third kappa shape index (κ3) is 2.56. The summed E-state index contributed by atoms with van der Waals surface area (Å²) in [6.07, 6.45) is 3.48. The van der Waals surface area contributed by atoms with Crippen LogP contribution in [0.3, 0.4) is 0 Å². The minimum atomic E-state index is -0.221. The Hall–Kier alpha value is -2.04. The molecule has 0 radical (unpaired) electrons. The van der Waals surface area contributed by atoms with E-state index in [-0.39, 0.29) is 23.8 Å². The molecule has 3 rings (SSSR count). The monoisotopic (exact) mass is 303 g/mol. The molecule has 1 amide bonds. The first-order valence-electron chi connectivity index (χ1n) is 7.69. The summed E-state index contributed by atoms with van der Waals surface area (Å²) in [6, 6.07) is 5.89. The van der Waals surface area contributed by atoms with Crippen molar-refractivity contribution in [2.75, 3.05) is 20.8 Å². The molecule has 0 bridgehead atoms. The molecule has 2 aliphatic heterocycles. The van der Waals surface area contributed by atoms with Gasteiger partial charge in [0, 0.05) is 18.2 Å². The summed E-state index contributed by atoms with van der Waals surface area (Å²) in [4.78, 5) is 26.6. The molecular weight excluding hydrogens is 282 g/mol. The molecule has 2 heterocycles. The van der Waals surface area contributed by atoms with E-state index in [0.717, 1.165) is 31.2 Å². The van der Waals surface area contributed by atoms with Gasteiger partial charge >= 0.3 is 5.97 Å². The Kier molecular flexibility index (Phi) is 4.05. The summed E-state index contributed by atoms with van der Waals surface area (Å²) < 4.78 is 10.1. The molecule has 0 aromatic heterocycles. The summed E-state index contributed by atoms with van der Waals surface area (Å²) in [5.41, 5.74) is 1.77. The van der Waals surface area contributed by atoms with Crippen LogP contribution >= 0.6 is 0 Å². The lowest BCUT2D eigenvalue weighted by Crippen LogP contribution is -2.48. The number of aryl methyl sites for hydroxylation is 1. The predicted molar refractivity (Wildman–Crippen MR) is 80.9 cm³/mol. The van der Waals surface area contributed by atoms with Gasteiger partial charge in [-0.2, -0.15) is 0 Å². The maximum atomic E-state index is 12.9. The van der Waals surface area contributed by atoms with Crippen LogP contribution in [0.4, 0.5) is 0 Å². The average Bonchev–Trinajstić information content (AvgIpc) is 2.71.